The first-order chi connectivity index (χ1) is 15.8. The molecule has 1 atom stereocenters. The molecule has 3 heterocycles. The first-order valence-corrected chi connectivity index (χ1v) is 12.2. The number of halogens is 1. The monoisotopic (exact) mass is 469 g/mol. The molecule has 10 heteroatoms. The maximum atomic E-state index is 13.3. The van der Waals surface area contributed by atoms with Crippen LogP contribution < -0.4 is 5.32 Å². The summed E-state index contributed by atoms with van der Waals surface area (Å²) in [5.41, 5.74) is 2.49. The number of aromatic nitrogens is 3. The number of carbonyl (C=O) groups is 1. The Bertz CT molecular complexity index is 1350. The van der Waals surface area contributed by atoms with Gasteiger partial charge in [0.2, 0.25) is 10.0 Å². The second kappa shape index (κ2) is 9.14. The van der Waals surface area contributed by atoms with Gasteiger partial charge < -0.3 is 5.32 Å². The van der Waals surface area contributed by atoms with Crippen LogP contribution in [0.2, 0.25) is 0 Å². The number of hydrogen-bond donors (Lipinski definition) is 1. The summed E-state index contributed by atoms with van der Waals surface area (Å²) >= 11 is 0. The quantitative estimate of drug-likeness (QED) is 0.573. The molecule has 172 valence electrons. The van der Waals surface area contributed by atoms with E-state index in [0.717, 1.165) is 5.57 Å². The Morgan fingerprint density at radius 2 is 1.94 bits per heavy atom. The van der Waals surface area contributed by atoms with Gasteiger partial charge in [0.15, 0.2) is 0 Å². The van der Waals surface area contributed by atoms with Crippen molar-refractivity contribution in [1.29, 1.82) is 0 Å². The van der Waals surface area contributed by atoms with Crippen molar-refractivity contribution in [3.63, 3.8) is 0 Å². The molecule has 0 saturated heterocycles. The molecule has 0 fully saturated rings. The zero-order valence-corrected chi connectivity index (χ0v) is 19.1. The number of nitrogens with zero attached hydrogens (tertiary/aromatic N) is 4. The molecule has 1 aliphatic heterocycles. The standard InChI is InChI=1S/C23H24FN5O3S/c1-3-21(16-9-11-28(12-10-16)33(31,32)4-2)27-23(30)20-13-25-15-22-19(20)14-26-29(22)18-7-5-17(24)6-8-18/h5-11,13-15,21H,3-4,12H2,1-2H3,(H,27,30)/t21-/m0/s1. The van der Waals surface area contributed by atoms with Crippen LogP contribution in [0.5, 0.6) is 0 Å². The number of pyridine rings is 1. The highest BCUT2D eigenvalue weighted by Crippen LogP contribution is 2.22. The van der Waals surface area contributed by atoms with E-state index in [1.54, 1.807) is 42.2 Å². The fourth-order valence-electron chi connectivity index (χ4n) is 3.69. The number of carbonyl (C=O) groups excluding carboxylic acids is 1. The average Bonchev–Trinajstić information content (AvgIpc) is 3.27. The van der Waals surface area contributed by atoms with Crippen LogP contribution in [-0.4, -0.2) is 51.7 Å². The van der Waals surface area contributed by atoms with Crippen molar-refractivity contribution in [2.45, 2.75) is 26.3 Å². The topological polar surface area (TPSA) is 97.2 Å². The molecule has 0 unspecified atom stereocenters. The zero-order valence-electron chi connectivity index (χ0n) is 18.3. The maximum Gasteiger partial charge on any atom is 0.254 e. The Morgan fingerprint density at radius 1 is 1.18 bits per heavy atom. The van der Waals surface area contributed by atoms with Crippen molar-refractivity contribution >= 4 is 26.8 Å². The molecule has 0 saturated carbocycles. The molecule has 33 heavy (non-hydrogen) atoms. The molecule has 1 N–H and O–H groups in total. The van der Waals surface area contributed by atoms with Crippen molar-refractivity contribution in [3.05, 3.63) is 78.2 Å². The van der Waals surface area contributed by atoms with E-state index in [4.69, 9.17) is 0 Å². The molecule has 1 aromatic carbocycles. The van der Waals surface area contributed by atoms with Crippen LogP contribution in [0.1, 0.15) is 30.6 Å². The first kappa shape index (κ1) is 22.7. The van der Waals surface area contributed by atoms with Crippen LogP contribution in [0.4, 0.5) is 4.39 Å². The molecular formula is C23H24FN5O3S. The molecule has 0 radical (unpaired) electrons. The molecule has 0 spiro atoms. The average molecular weight is 470 g/mol. The molecule has 8 nitrogen and oxygen atoms in total. The van der Waals surface area contributed by atoms with Gasteiger partial charge in [0.05, 0.1) is 47.5 Å². The third-order valence-electron chi connectivity index (χ3n) is 5.59. The summed E-state index contributed by atoms with van der Waals surface area (Å²) in [6.45, 7) is 3.78. The predicted molar refractivity (Wildman–Crippen MR) is 124 cm³/mol. The summed E-state index contributed by atoms with van der Waals surface area (Å²) in [6, 6.07) is 5.60. The van der Waals surface area contributed by atoms with E-state index in [-0.39, 0.29) is 30.1 Å². The van der Waals surface area contributed by atoms with Gasteiger partial charge in [0.1, 0.15) is 5.82 Å². The largest absolute Gasteiger partial charge is 0.345 e. The van der Waals surface area contributed by atoms with E-state index in [1.165, 1.54) is 28.8 Å². The number of benzene rings is 1. The number of nitrogens with one attached hydrogen (secondary N) is 1. The maximum absolute atomic E-state index is 13.3. The summed E-state index contributed by atoms with van der Waals surface area (Å²) in [7, 11) is -3.31. The smallest absolute Gasteiger partial charge is 0.254 e. The predicted octanol–water partition coefficient (Wildman–Crippen LogP) is 3.17. The van der Waals surface area contributed by atoms with E-state index >= 15 is 0 Å². The Balaban J connectivity index is 1.56. The van der Waals surface area contributed by atoms with Crippen LogP contribution in [0, 0.1) is 5.82 Å². The second-order valence-corrected chi connectivity index (χ2v) is 9.79. The van der Waals surface area contributed by atoms with Crippen LogP contribution in [-0.2, 0) is 10.0 Å². The number of hydrogen-bond acceptors (Lipinski definition) is 5. The lowest BCUT2D eigenvalue weighted by molar-refractivity contribution is 0.0943. The van der Waals surface area contributed by atoms with Gasteiger partial charge in [0, 0.05) is 17.8 Å². The summed E-state index contributed by atoms with van der Waals surface area (Å²) in [5.74, 6) is -0.631. The van der Waals surface area contributed by atoms with E-state index in [9.17, 15) is 17.6 Å². The van der Waals surface area contributed by atoms with Crippen molar-refractivity contribution in [2.75, 3.05) is 12.3 Å². The molecule has 1 amide bonds. The SMILES string of the molecule is CC[C@H](NC(=O)c1cncc2c1cnn2-c1ccc(F)cc1)C1=CCN(S(=O)(=O)CC)C=C1. The third kappa shape index (κ3) is 4.51. The highest BCUT2D eigenvalue weighted by Gasteiger charge is 2.22. The van der Waals surface area contributed by atoms with Crippen LogP contribution in [0.15, 0.2) is 66.8 Å². The zero-order chi connectivity index (χ0) is 23.6. The molecule has 2 aromatic heterocycles. The van der Waals surface area contributed by atoms with Crippen LogP contribution in [0.3, 0.4) is 0 Å². The van der Waals surface area contributed by atoms with Crippen molar-refractivity contribution in [1.82, 2.24) is 24.4 Å². The number of amides is 1. The van der Waals surface area contributed by atoms with Gasteiger partial charge in [-0.3, -0.25) is 14.1 Å². The van der Waals surface area contributed by atoms with Gasteiger partial charge in [-0.25, -0.2) is 17.5 Å². The minimum Gasteiger partial charge on any atom is -0.345 e. The van der Waals surface area contributed by atoms with E-state index in [2.05, 4.69) is 15.4 Å². The Labute approximate surface area is 191 Å². The Hall–Kier alpha value is -3.53. The van der Waals surface area contributed by atoms with E-state index < -0.39 is 10.0 Å². The summed E-state index contributed by atoms with van der Waals surface area (Å²) in [5, 5.41) is 7.99. The van der Waals surface area contributed by atoms with Gasteiger partial charge in [-0.1, -0.05) is 13.0 Å². The Morgan fingerprint density at radius 3 is 2.58 bits per heavy atom. The molecule has 0 bridgehead atoms. The molecule has 4 rings (SSSR count). The minimum atomic E-state index is -3.31. The third-order valence-corrected chi connectivity index (χ3v) is 7.31. The van der Waals surface area contributed by atoms with Crippen LogP contribution in [0.25, 0.3) is 16.6 Å². The van der Waals surface area contributed by atoms with Crippen molar-refractivity contribution in [2.24, 2.45) is 0 Å². The first-order valence-electron chi connectivity index (χ1n) is 10.6. The van der Waals surface area contributed by atoms with E-state index in [0.29, 0.717) is 28.6 Å². The van der Waals surface area contributed by atoms with Gasteiger partial charge >= 0.3 is 0 Å². The minimum absolute atomic E-state index is 0.0249. The number of sulfonamides is 1. The normalized spacial score (nSPS) is 14.9. The van der Waals surface area contributed by atoms with Gasteiger partial charge in [-0.15, -0.1) is 0 Å². The number of rotatable bonds is 7. The highest BCUT2D eigenvalue weighted by atomic mass is 32.2. The van der Waals surface area contributed by atoms with Gasteiger partial charge in [0.25, 0.3) is 5.91 Å². The summed E-state index contributed by atoms with van der Waals surface area (Å²) < 4.78 is 40.3. The highest BCUT2D eigenvalue weighted by molar-refractivity contribution is 7.89. The molecular weight excluding hydrogens is 445 g/mol. The van der Waals surface area contributed by atoms with Crippen molar-refractivity contribution < 1.29 is 17.6 Å². The molecule has 1 aliphatic rings. The van der Waals surface area contributed by atoms with Gasteiger partial charge in [-0.05, 0) is 49.3 Å². The molecule has 0 aliphatic carbocycles. The van der Waals surface area contributed by atoms with Crippen LogP contribution >= 0.6 is 0 Å². The Kier molecular flexibility index (Phi) is 6.28. The summed E-state index contributed by atoms with van der Waals surface area (Å²) in [6.07, 6.45) is 10.4. The molecule has 3 aromatic rings. The van der Waals surface area contributed by atoms with E-state index in [1.807, 2.05) is 13.0 Å². The van der Waals surface area contributed by atoms with Crippen molar-refractivity contribution in [3.8, 4) is 5.69 Å². The summed E-state index contributed by atoms with van der Waals surface area (Å²) in [4.78, 5) is 17.3. The number of fused-ring (bicyclic) bond motifs is 1. The van der Waals surface area contributed by atoms with Gasteiger partial charge in [-0.2, -0.15) is 5.10 Å². The fourth-order valence-corrected chi connectivity index (χ4v) is 4.57. The lowest BCUT2D eigenvalue weighted by atomic mass is 10.0. The fraction of sp³-hybridized carbons (Fsp3) is 0.261. The lowest BCUT2D eigenvalue weighted by Crippen LogP contribution is -2.37. The lowest BCUT2D eigenvalue weighted by Gasteiger charge is -2.25. The second-order valence-electron chi connectivity index (χ2n) is 7.58.